The number of alkyl halides is 1. The number of nitrogens with zero attached hydrogens (tertiary/aromatic N) is 1. The van der Waals surface area contributed by atoms with Gasteiger partial charge in [0, 0.05) is 32.4 Å². The smallest absolute Gasteiger partial charge is 0.122 e. The molecule has 0 N–H and O–H groups in total. The fraction of sp³-hybridized carbons (Fsp3) is 0.500. The Bertz CT molecular complexity index is 268. The van der Waals surface area contributed by atoms with Crippen LogP contribution in [0.1, 0.15) is 12.1 Å². The number of rotatable bonds is 6. The van der Waals surface area contributed by atoms with E-state index in [1.165, 1.54) is 0 Å². The minimum absolute atomic E-state index is 0.412. The highest BCUT2D eigenvalue weighted by Gasteiger charge is 1.96. The Kier molecular flexibility index (Phi) is 5.33. The highest BCUT2D eigenvalue weighted by atomic mass is 35.5. The fourth-order valence-electron chi connectivity index (χ4n) is 1.01. The van der Waals surface area contributed by atoms with Crippen molar-refractivity contribution in [3.8, 4) is 5.75 Å². The van der Waals surface area contributed by atoms with Crippen molar-refractivity contribution >= 4 is 11.6 Å². The first-order chi connectivity index (χ1) is 6.86. The predicted octanol–water partition coefficient (Wildman–Crippen LogP) is 2.24. The summed E-state index contributed by atoms with van der Waals surface area (Å²) in [6, 6.07) is 3.67. The summed E-state index contributed by atoms with van der Waals surface area (Å²) in [5.41, 5.74) is 0.830. The lowest BCUT2D eigenvalue weighted by Gasteiger charge is -2.05. The van der Waals surface area contributed by atoms with Gasteiger partial charge in [-0.05, 0) is 6.07 Å². The van der Waals surface area contributed by atoms with Crippen LogP contribution in [0, 0.1) is 0 Å². The van der Waals surface area contributed by atoms with Crippen LogP contribution in [0.5, 0.6) is 5.75 Å². The van der Waals surface area contributed by atoms with E-state index in [-0.39, 0.29) is 0 Å². The zero-order valence-electron chi connectivity index (χ0n) is 8.20. The van der Waals surface area contributed by atoms with Gasteiger partial charge in [-0.3, -0.25) is 4.98 Å². The van der Waals surface area contributed by atoms with Crippen molar-refractivity contribution in [2.24, 2.45) is 0 Å². The van der Waals surface area contributed by atoms with Crippen molar-refractivity contribution in [2.75, 3.05) is 20.3 Å². The molecule has 0 saturated carbocycles. The summed E-state index contributed by atoms with van der Waals surface area (Å²) in [4.78, 5) is 4.07. The molecule has 3 nitrogen and oxygen atoms in total. The number of ether oxygens (including phenoxy) is 2. The Hall–Kier alpha value is -0.800. The van der Waals surface area contributed by atoms with Crippen LogP contribution in [0.25, 0.3) is 0 Å². The number of pyridine rings is 1. The van der Waals surface area contributed by atoms with Crippen molar-refractivity contribution in [1.82, 2.24) is 4.98 Å². The summed E-state index contributed by atoms with van der Waals surface area (Å²) in [7, 11) is 1.68. The minimum Gasteiger partial charge on any atom is -0.493 e. The van der Waals surface area contributed by atoms with Crippen LogP contribution in [0.4, 0.5) is 0 Å². The lowest BCUT2D eigenvalue weighted by atomic mass is 10.3. The first-order valence-corrected chi connectivity index (χ1v) is 5.03. The van der Waals surface area contributed by atoms with E-state index in [9.17, 15) is 0 Å². The molecule has 0 radical (unpaired) electrons. The Morgan fingerprint density at radius 2 is 2.29 bits per heavy atom. The summed E-state index contributed by atoms with van der Waals surface area (Å²) in [6.45, 7) is 1.37. The molecule has 0 amide bonds. The van der Waals surface area contributed by atoms with E-state index in [0.29, 0.717) is 19.1 Å². The van der Waals surface area contributed by atoms with E-state index < -0.39 is 0 Å². The topological polar surface area (TPSA) is 31.4 Å². The fourth-order valence-corrected chi connectivity index (χ4v) is 1.16. The summed E-state index contributed by atoms with van der Waals surface area (Å²) >= 11 is 5.64. The van der Waals surface area contributed by atoms with Gasteiger partial charge in [0.25, 0.3) is 0 Å². The molecular formula is C10H14ClNO2. The average Bonchev–Trinajstić information content (AvgIpc) is 2.25. The monoisotopic (exact) mass is 215 g/mol. The standard InChI is InChI=1S/C10H14ClNO2/c1-13-5-2-6-14-10-3-4-12-9(7-10)8-11/h3-4,7H,2,5-6,8H2,1H3. The molecule has 1 aromatic rings. The molecule has 0 atom stereocenters. The highest BCUT2D eigenvalue weighted by molar-refractivity contribution is 6.16. The van der Waals surface area contributed by atoms with Gasteiger partial charge >= 0.3 is 0 Å². The van der Waals surface area contributed by atoms with E-state index in [4.69, 9.17) is 21.1 Å². The number of aromatic nitrogens is 1. The molecule has 0 spiro atoms. The first-order valence-electron chi connectivity index (χ1n) is 4.49. The largest absolute Gasteiger partial charge is 0.493 e. The van der Waals surface area contributed by atoms with Crippen LogP contribution in [0.15, 0.2) is 18.3 Å². The van der Waals surface area contributed by atoms with Gasteiger partial charge in [-0.15, -0.1) is 11.6 Å². The van der Waals surface area contributed by atoms with Gasteiger partial charge in [-0.2, -0.15) is 0 Å². The number of hydrogen-bond donors (Lipinski definition) is 0. The number of methoxy groups -OCH3 is 1. The maximum Gasteiger partial charge on any atom is 0.122 e. The van der Waals surface area contributed by atoms with Crippen LogP contribution in [0.2, 0.25) is 0 Å². The third-order valence-electron chi connectivity index (χ3n) is 1.69. The highest BCUT2D eigenvalue weighted by Crippen LogP contribution is 2.12. The van der Waals surface area contributed by atoms with Gasteiger partial charge in [0.15, 0.2) is 0 Å². The Balaban J connectivity index is 2.34. The van der Waals surface area contributed by atoms with Crippen LogP contribution < -0.4 is 4.74 Å². The average molecular weight is 216 g/mol. The van der Waals surface area contributed by atoms with Crippen LogP contribution in [0.3, 0.4) is 0 Å². The molecule has 4 heteroatoms. The molecular weight excluding hydrogens is 202 g/mol. The lowest BCUT2D eigenvalue weighted by Crippen LogP contribution is -2.01. The summed E-state index contributed by atoms with van der Waals surface area (Å²) < 4.78 is 10.4. The van der Waals surface area contributed by atoms with Crippen LogP contribution in [-0.2, 0) is 10.6 Å². The summed E-state index contributed by atoms with van der Waals surface area (Å²) in [5.74, 6) is 1.22. The molecule has 0 saturated heterocycles. The third-order valence-corrected chi connectivity index (χ3v) is 1.96. The maximum atomic E-state index is 5.64. The van der Waals surface area contributed by atoms with Crippen molar-refractivity contribution in [1.29, 1.82) is 0 Å². The van der Waals surface area contributed by atoms with Gasteiger partial charge in [0.1, 0.15) is 5.75 Å². The lowest BCUT2D eigenvalue weighted by molar-refractivity contribution is 0.172. The first kappa shape index (κ1) is 11.3. The molecule has 0 aromatic carbocycles. The molecule has 0 unspecified atom stereocenters. The van der Waals surface area contributed by atoms with Gasteiger partial charge in [-0.25, -0.2) is 0 Å². The van der Waals surface area contributed by atoms with Crippen LogP contribution >= 0.6 is 11.6 Å². The van der Waals surface area contributed by atoms with E-state index >= 15 is 0 Å². The Morgan fingerprint density at radius 1 is 1.43 bits per heavy atom. The third kappa shape index (κ3) is 3.94. The Morgan fingerprint density at radius 3 is 3.00 bits per heavy atom. The quantitative estimate of drug-likeness (QED) is 0.539. The van der Waals surface area contributed by atoms with Crippen molar-refractivity contribution < 1.29 is 9.47 Å². The second kappa shape index (κ2) is 6.62. The molecule has 0 aliphatic heterocycles. The summed E-state index contributed by atoms with van der Waals surface area (Å²) in [6.07, 6.45) is 2.58. The Labute approximate surface area is 89.0 Å². The second-order valence-corrected chi connectivity index (χ2v) is 3.08. The van der Waals surface area contributed by atoms with Crippen molar-refractivity contribution in [3.63, 3.8) is 0 Å². The van der Waals surface area contributed by atoms with E-state index in [1.807, 2.05) is 12.1 Å². The zero-order chi connectivity index (χ0) is 10.2. The second-order valence-electron chi connectivity index (χ2n) is 2.81. The van der Waals surface area contributed by atoms with Gasteiger partial charge in [0.05, 0.1) is 18.2 Å². The molecule has 0 aliphatic carbocycles. The van der Waals surface area contributed by atoms with E-state index in [2.05, 4.69) is 4.98 Å². The molecule has 0 bridgehead atoms. The van der Waals surface area contributed by atoms with Crippen molar-refractivity contribution in [2.45, 2.75) is 12.3 Å². The minimum atomic E-state index is 0.412. The predicted molar refractivity (Wildman–Crippen MR) is 55.8 cm³/mol. The molecule has 78 valence electrons. The molecule has 0 fully saturated rings. The molecule has 1 heterocycles. The molecule has 0 aliphatic rings. The normalized spacial score (nSPS) is 10.1. The van der Waals surface area contributed by atoms with Crippen molar-refractivity contribution in [3.05, 3.63) is 24.0 Å². The molecule has 1 rings (SSSR count). The number of hydrogen-bond acceptors (Lipinski definition) is 3. The summed E-state index contributed by atoms with van der Waals surface area (Å²) in [5, 5.41) is 0. The van der Waals surface area contributed by atoms with Crippen LogP contribution in [-0.4, -0.2) is 25.3 Å². The number of halogens is 1. The maximum absolute atomic E-state index is 5.64. The van der Waals surface area contributed by atoms with E-state index in [1.54, 1.807) is 13.3 Å². The molecule has 1 aromatic heterocycles. The van der Waals surface area contributed by atoms with Gasteiger partial charge in [-0.1, -0.05) is 0 Å². The van der Waals surface area contributed by atoms with Gasteiger partial charge < -0.3 is 9.47 Å². The van der Waals surface area contributed by atoms with Gasteiger partial charge in [0.2, 0.25) is 0 Å². The SMILES string of the molecule is COCCCOc1ccnc(CCl)c1. The zero-order valence-corrected chi connectivity index (χ0v) is 8.96. The molecule has 14 heavy (non-hydrogen) atoms. The van der Waals surface area contributed by atoms with E-state index in [0.717, 1.165) is 17.9 Å².